The number of hydrogen-bond acceptors (Lipinski definition) is 5. The van der Waals surface area contributed by atoms with E-state index in [0.29, 0.717) is 31.9 Å². The highest BCUT2D eigenvalue weighted by molar-refractivity contribution is 7.80. The zero-order valence-electron chi connectivity index (χ0n) is 22.0. The molecule has 0 saturated carbocycles. The van der Waals surface area contributed by atoms with Crippen LogP contribution < -0.4 is 10.2 Å². The van der Waals surface area contributed by atoms with E-state index in [9.17, 15) is 26.3 Å². The summed E-state index contributed by atoms with van der Waals surface area (Å²) in [6.07, 6.45) is -7.49. The van der Waals surface area contributed by atoms with Crippen LogP contribution in [-0.2, 0) is 12.4 Å². The smallest absolute Gasteiger partial charge is 0.382 e. The van der Waals surface area contributed by atoms with Crippen LogP contribution in [0.5, 0.6) is 0 Å². The highest BCUT2D eigenvalue weighted by Gasteiger charge is 2.34. The molecule has 0 aliphatic carbocycles. The van der Waals surface area contributed by atoms with Crippen LogP contribution in [0.25, 0.3) is 0 Å². The van der Waals surface area contributed by atoms with E-state index in [1.54, 1.807) is 6.07 Å². The predicted octanol–water partition coefficient (Wildman–Crippen LogP) is 6.26. The molecule has 4 rings (SSSR count). The first kappa shape index (κ1) is 29.9. The Morgan fingerprint density at radius 3 is 2.12 bits per heavy atom. The molecule has 5 nitrogen and oxygen atoms in total. The van der Waals surface area contributed by atoms with Gasteiger partial charge in [0.05, 0.1) is 27.7 Å². The van der Waals surface area contributed by atoms with Crippen molar-refractivity contribution in [1.82, 2.24) is 9.80 Å². The highest BCUT2D eigenvalue weighted by Crippen LogP contribution is 2.34. The summed E-state index contributed by atoms with van der Waals surface area (Å²) in [5.74, 6) is 0.130. The Kier molecular flexibility index (Phi) is 9.15. The molecule has 0 bridgehead atoms. The van der Waals surface area contributed by atoms with Gasteiger partial charge in [0.1, 0.15) is 0 Å². The first-order valence-corrected chi connectivity index (χ1v) is 13.6. The van der Waals surface area contributed by atoms with Crippen molar-refractivity contribution in [3.63, 3.8) is 0 Å². The van der Waals surface area contributed by atoms with Gasteiger partial charge in [0, 0.05) is 69.1 Å². The lowest BCUT2D eigenvalue weighted by molar-refractivity contribution is -0.138. The second-order valence-corrected chi connectivity index (χ2v) is 10.8. The van der Waals surface area contributed by atoms with E-state index in [-0.39, 0.29) is 12.0 Å². The first-order valence-electron chi connectivity index (χ1n) is 13.2. The van der Waals surface area contributed by atoms with Crippen LogP contribution >= 0.6 is 12.2 Å². The Bertz CT molecular complexity index is 1210. The van der Waals surface area contributed by atoms with E-state index in [2.05, 4.69) is 26.9 Å². The number of benzene rings is 2. The summed E-state index contributed by atoms with van der Waals surface area (Å²) in [5.41, 5.74) is -0.859. The Labute approximate surface area is 235 Å². The Balaban J connectivity index is 1.22. The standard InChI is InChI=1S/C28H31F6N5S/c1-19(18-37-12-14-38(15-13-37)24-6-3-21(4-7-24)27(29,30)31)26(40)39-10-8-22(9-11-39)36-23-5-2-20(17-35)25(16-23)28(32,33)34/h2-7,16,19,22,36H,8-15,18H2,1H3. The fraction of sp³-hybridized carbons (Fsp3) is 0.500. The van der Waals surface area contributed by atoms with Gasteiger partial charge in [-0.15, -0.1) is 0 Å². The van der Waals surface area contributed by atoms with Gasteiger partial charge in [-0.25, -0.2) is 0 Å². The van der Waals surface area contributed by atoms with Crippen molar-refractivity contribution in [2.24, 2.45) is 5.92 Å². The van der Waals surface area contributed by atoms with E-state index in [4.69, 9.17) is 17.5 Å². The Morgan fingerprint density at radius 1 is 0.950 bits per heavy atom. The molecular formula is C28H31F6N5S. The summed E-state index contributed by atoms with van der Waals surface area (Å²) in [6.45, 7) is 7.26. The minimum absolute atomic E-state index is 0.00153. The number of halogens is 6. The number of likely N-dealkylation sites (tertiary alicyclic amines) is 1. The summed E-state index contributed by atoms with van der Waals surface area (Å²) in [6, 6.07) is 10.6. The molecule has 2 aliphatic rings. The number of nitriles is 1. The topological polar surface area (TPSA) is 45.5 Å². The molecule has 216 valence electrons. The molecule has 2 aromatic carbocycles. The third kappa shape index (κ3) is 7.37. The van der Waals surface area contributed by atoms with Crippen molar-refractivity contribution in [3.05, 3.63) is 59.2 Å². The average molecular weight is 584 g/mol. The second-order valence-electron chi connectivity index (χ2n) is 10.3. The molecule has 1 unspecified atom stereocenters. The molecule has 0 radical (unpaired) electrons. The van der Waals surface area contributed by atoms with Gasteiger partial charge >= 0.3 is 12.4 Å². The Morgan fingerprint density at radius 2 is 1.57 bits per heavy atom. The molecule has 0 spiro atoms. The van der Waals surface area contributed by atoms with E-state index >= 15 is 0 Å². The van der Waals surface area contributed by atoms with E-state index in [1.165, 1.54) is 24.3 Å². The van der Waals surface area contributed by atoms with Crippen molar-refractivity contribution in [2.75, 3.05) is 56.0 Å². The van der Waals surface area contributed by atoms with Crippen molar-refractivity contribution in [2.45, 2.75) is 38.2 Å². The monoisotopic (exact) mass is 583 g/mol. The van der Waals surface area contributed by atoms with Gasteiger partial charge in [0.2, 0.25) is 0 Å². The number of nitrogens with zero attached hydrogens (tertiary/aromatic N) is 4. The average Bonchev–Trinajstić information content (AvgIpc) is 2.92. The molecule has 0 aromatic heterocycles. The molecular weight excluding hydrogens is 552 g/mol. The van der Waals surface area contributed by atoms with E-state index in [1.807, 2.05) is 0 Å². The number of rotatable bonds is 6. The summed E-state index contributed by atoms with van der Waals surface area (Å²) >= 11 is 5.78. The number of piperazine rings is 1. The summed E-state index contributed by atoms with van der Waals surface area (Å²) in [4.78, 5) is 7.43. The molecule has 40 heavy (non-hydrogen) atoms. The molecule has 2 aromatic rings. The number of anilines is 2. The number of alkyl halides is 6. The largest absolute Gasteiger partial charge is 0.417 e. The van der Waals surface area contributed by atoms with Crippen LogP contribution in [-0.4, -0.2) is 66.6 Å². The van der Waals surface area contributed by atoms with Crippen molar-refractivity contribution in [1.29, 1.82) is 5.26 Å². The van der Waals surface area contributed by atoms with Crippen LogP contribution in [0.15, 0.2) is 42.5 Å². The van der Waals surface area contributed by atoms with Crippen molar-refractivity contribution >= 4 is 28.6 Å². The summed E-state index contributed by atoms with van der Waals surface area (Å²) in [5, 5.41) is 12.2. The van der Waals surface area contributed by atoms with Crippen LogP contribution in [0.2, 0.25) is 0 Å². The SMILES string of the molecule is CC(CN1CCN(c2ccc(C(F)(F)F)cc2)CC1)C(=S)N1CCC(Nc2ccc(C#N)c(C(F)(F)F)c2)CC1. The molecule has 2 heterocycles. The first-order chi connectivity index (χ1) is 18.8. The van der Waals surface area contributed by atoms with Crippen LogP contribution in [0.4, 0.5) is 37.7 Å². The highest BCUT2D eigenvalue weighted by atomic mass is 32.1. The summed E-state index contributed by atoms with van der Waals surface area (Å²) < 4.78 is 78.4. The van der Waals surface area contributed by atoms with Gasteiger partial charge in [-0.3, -0.25) is 4.90 Å². The zero-order chi connectivity index (χ0) is 29.1. The number of nitrogens with one attached hydrogen (secondary N) is 1. The van der Waals surface area contributed by atoms with E-state index < -0.39 is 29.0 Å². The maximum atomic E-state index is 13.3. The second kappa shape index (κ2) is 12.2. The van der Waals surface area contributed by atoms with Crippen LogP contribution in [0.3, 0.4) is 0 Å². The third-order valence-electron chi connectivity index (χ3n) is 7.51. The Hall–Kier alpha value is -3.04. The maximum Gasteiger partial charge on any atom is 0.417 e. The van der Waals surface area contributed by atoms with Gasteiger partial charge in [0.25, 0.3) is 0 Å². The third-order valence-corrected chi connectivity index (χ3v) is 8.17. The summed E-state index contributed by atoms with van der Waals surface area (Å²) in [7, 11) is 0. The fourth-order valence-corrected chi connectivity index (χ4v) is 5.53. The molecule has 2 aliphatic heterocycles. The number of piperidine rings is 1. The maximum absolute atomic E-state index is 13.3. The predicted molar refractivity (Wildman–Crippen MR) is 146 cm³/mol. The lowest BCUT2D eigenvalue weighted by atomic mass is 10.0. The molecule has 2 fully saturated rings. The molecule has 2 saturated heterocycles. The molecule has 1 atom stereocenters. The van der Waals surface area contributed by atoms with Crippen LogP contribution in [0, 0.1) is 17.2 Å². The normalized spacial score (nSPS) is 18.4. The fourth-order valence-electron chi connectivity index (χ4n) is 5.27. The van der Waals surface area contributed by atoms with Crippen molar-refractivity contribution in [3.8, 4) is 6.07 Å². The van der Waals surface area contributed by atoms with Gasteiger partial charge < -0.3 is 15.1 Å². The van der Waals surface area contributed by atoms with Gasteiger partial charge in [-0.05, 0) is 55.3 Å². The molecule has 1 N–H and O–H groups in total. The molecule has 12 heteroatoms. The zero-order valence-corrected chi connectivity index (χ0v) is 22.8. The number of thiocarbonyl (C=S) groups is 1. The lowest BCUT2D eigenvalue weighted by Crippen LogP contribution is -2.50. The van der Waals surface area contributed by atoms with Crippen molar-refractivity contribution < 1.29 is 26.3 Å². The quantitative estimate of drug-likeness (QED) is 0.320. The van der Waals surface area contributed by atoms with Gasteiger partial charge in [-0.1, -0.05) is 19.1 Å². The minimum atomic E-state index is -4.59. The van der Waals surface area contributed by atoms with E-state index in [0.717, 1.165) is 61.4 Å². The van der Waals surface area contributed by atoms with Gasteiger partial charge in [0.15, 0.2) is 0 Å². The minimum Gasteiger partial charge on any atom is -0.382 e. The van der Waals surface area contributed by atoms with Gasteiger partial charge in [-0.2, -0.15) is 31.6 Å². The lowest BCUT2D eigenvalue weighted by Gasteiger charge is -2.39. The van der Waals surface area contributed by atoms with Crippen LogP contribution in [0.1, 0.15) is 36.5 Å². The number of hydrogen-bond donors (Lipinski definition) is 1. The molecule has 0 amide bonds.